The van der Waals surface area contributed by atoms with Crippen LogP contribution in [0.15, 0.2) is 54.1 Å². The zero-order valence-electron chi connectivity index (χ0n) is 16.8. The number of likely N-dealkylation sites (N-methyl/N-ethyl adjacent to an activating group) is 1. The maximum atomic E-state index is 14.1. The van der Waals surface area contributed by atoms with E-state index in [1.165, 1.54) is 56.7 Å². The lowest BCUT2D eigenvalue weighted by Crippen LogP contribution is -2.66. The van der Waals surface area contributed by atoms with Crippen LogP contribution in [0.1, 0.15) is 15.9 Å². The number of amides is 2. The number of benzene rings is 2. The predicted octanol–water partition coefficient (Wildman–Crippen LogP) is 3.20. The van der Waals surface area contributed by atoms with Crippen molar-refractivity contribution in [3.63, 3.8) is 0 Å². The number of carbonyl (C=O) groups excluding carboxylic acids is 2. The minimum Gasteiger partial charge on any atom is -0.493 e. The molecule has 164 valence electrons. The number of ether oxygens (including phenoxy) is 2. The summed E-state index contributed by atoms with van der Waals surface area (Å²) in [5.74, 6) is -0.659. The van der Waals surface area contributed by atoms with Crippen LogP contribution in [0.2, 0.25) is 0 Å². The summed E-state index contributed by atoms with van der Waals surface area (Å²) in [7, 11) is 3.46. The first kappa shape index (κ1) is 22.2. The second-order valence-electron chi connectivity index (χ2n) is 6.67. The molecule has 3 rings (SSSR count). The molecule has 0 spiro atoms. The van der Waals surface area contributed by atoms with Crippen LogP contribution in [-0.2, 0) is 0 Å². The molecule has 2 amide bonds. The van der Waals surface area contributed by atoms with Gasteiger partial charge in [-0.05, 0) is 18.2 Å². The molecule has 0 saturated heterocycles. The van der Waals surface area contributed by atoms with Crippen LogP contribution >= 0.6 is 0 Å². The summed E-state index contributed by atoms with van der Waals surface area (Å²) in [6.45, 7) is 0. The van der Waals surface area contributed by atoms with E-state index in [9.17, 15) is 27.9 Å². The van der Waals surface area contributed by atoms with E-state index in [1.54, 1.807) is 6.07 Å². The number of Topliss-reactive ketones (excluding diaryl/α,β-unsaturated/α-hetero) is 1. The molecule has 0 radical (unpaired) electrons. The molecule has 1 unspecified atom stereocenters. The van der Waals surface area contributed by atoms with Crippen LogP contribution < -0.4 is 14.8 Å². The van der Waals surface area contributed by atoms with Crippen LogP contribution in [0.25, 0.3) is 5.70 Å². The molecule has 7 nitrogen and oxygen atoms in total. The number of nitrogens with zero attached hydrogens (tertiary/aromatic N) is 1. The minimum absolute atomic E-state index is 0.0149. The number of hydrogen-bond acceptors (Lipinski definition) is 5. The van der Waals surface area contributed by atoms with E-state index in [4.69, 9.17) is 9.47 Å². The van der Waals surface area contributed by atoms with Gasteiger partial charge in [-0.1, -0.05) is 30.3 Å². The van der Waals surface area contributed by atoms with Crippen molar-refractivity contribution in [2.75, 3.05) is 21.3 Å². The molecule has 2 N–H and O–H groups in total. The summed E-state index contributed by atoms with van der Waals surface area (Å²) in [5, 5.41) is 13.1. The molecule has 10 heteroatoms. The van der Waals surface area contributed by atoms with Crippen LogP contribution in [0.5, 0.6) is 11.5 Å². The number of aliphatic hydroxyl groups is 1. The average molecular weight is 436 g/mol. The molecular weight excluding hydrogens is 417 g/mol. The van der Waals surface area contributed by atoms with Gasteiger partial charge in [-0.2, -0.15) is 13.2 Å². The molecule has 1 aliphatic rings. The summed E-state index contributed by atoms with van der Waals surface area (Å²) in [6.07, 6.45) is -5.37. The molecule has 31 heavy (non-hydrogen) atoms. The summed E-state index contributed by atoms with van der Waals surface area (Å²) in [4.78, 5) is 25.6. The third-order valence-electron chi connectivity index (χ3n) is 4.95. The van der Waals surface area contributed by atoms with Gasteiger partial charge in [0.25, 0.3) is 5.72 Å². The van der Waals surface area contributed by atoms with Gasteiger partial charge in [-0.25, -0.2) is 4.79 Å². The molecule has 1 heterocycles. The number of hydrogen-bond donors (Lipinski definition) is 2. The normalized spacial score (nSPS) is 19.2. The Labute approximate surface area is 175 Å². The lowest BCUT2D eigenvalue weighted by molar-refractivity contribution is -0.282. The van der Waals surface area contributed by atoms with Crippen molar-refractivity contribution in [1.82, 2.24) is 10.2 Å². The minimum atomic E-state index is -5.37. The molecular formula is C21H19F3N2O5. The number of nitrogens with one attached hydrogen (secondary N) is 1. The van der Waals surface area contributed by atoms with Gasteiger partial charge in [-0.3, -0.25) is 9.69 Å². The molecule has 0 bridgehead atoms. The van der Waals surface area contributed by atoms with Gasteiger partial charge >= 0.3 is 12.2 Å². The second kappa shape index (κ2) is 7.95. The number of rotatable bonds is 5. The highest BCUT2D eigenvalue weighted by Crippen LogP contribution is 2.45. The Kier molecular flexibility index (Phi) is 5.68. The largest absolute Gasteiger partial charge is 0.493 e. The van der Waals surface area contributed by atoms with E-state index in [1.807, 2.05) is 0 Å². The molecule has 2 aromatic carbocycles. The lowest BCUT2D eigenvalue weighted by Gasteiger charge is -2.43. The van der Waals surface area contributed by atoms with Gasteiger partial charge < -0.3 is 19.9 Å². The van der Waals surface area contributed by atoms with Crippen LogP contribution in [-0.4, -0.2) is 55.0 Å². The number of ketones is 1. The highest BCUT2D eigenvalue weighted by molar-refractivity contribution is 6.16. The summed E-state index contributed by atoms with van der Waals surface area (Å²) in [6, 6.07) is 9.97. The summed E-state index contributed by atoms with van der Waals surface area (Å²) < 4.78 is 52.7. The predicted molar refractivity (Wildman–Crippen MR) is 105 cm³/mol. The van der Waals surface area contributed by atoms with E-state index in [0.29, 0.717) is 0 Å². The van der Waals surface area contributed by atoms with Crippen molar-refractivity contribution in [3.8, 4) is 11.5 Å². The molecule has 2 aromatic rings. The SMILES string of the molecule is COc1ccc(C2=C(C(=O)c3ccccc3)C(O)(C(F)(F)F)N(C)C(=O)N2)cc1OC. The standard InChI is InChI=1S/C21H19F3N2O5/c1-26-19(28)25-17(13-9-10-14(30-2)15(11-13)31-3)16(20(26,29)21(22,23)24)18(27)12-7-5-4-6-8-12/h4-11,29H,1-3H3,(H,25,28). The average Bonchev–Trinajstić information content (AvgIpc) is 2.76. The van der Waals surface area contributed by atoms with E-state index in [0.717, 1.165) is 7.05 Å². The number of urea groups is 1. The first-order chi connectivity index (χ1) is 14.6. The number of carbonyl (C=O) groups is 2. The Balaban J connectivity index is 2.37. The summed E-state index contributed by atoms with van der Waals surface area (Å²) in [5.41, 5.74) is -5.48. The van der Waals surface area contributed by atoms with Crippen molar-refractivity contribution < 1.29 is 37.3 Å². The molecule has 0 aromatic heterocycles. The van der Waals surface area contributed by atoms with E-state index >= 15 is 0 Å². The Hall–Kier alpha value is -3.53. The van der Waals surface area contributed by atoms with Crippen LogP contribution in [0, 0.1) is 0 Å². The number of halogens is 3. The number of alkyl halides is 3. The zero-order chi connectivity index (χ0) is 23.0. The van der Waals surface area contributed by atoms with Crippen LogP contribution in [0.3, 0.4) is 0 Å². The maximum Gasteiger partial charge on any atom is 0.441 e. The molecule has 1 aliphatic heterocycles. The fourth-order valence-electron chi connectivity index (χ4n) is 3.29. The lowest BCUT2D eigenvalue weighted by atomic mass is 9.87. The fourth-order valence-corrected chi connectivity index (χ4v) is 3.29. The third-order valence-corrected chi connectivity index (χ3v) is 4.95. The van der Waals surface area contributed by atoms with Crippen molar-refractivity contribution in [3.05, 3.63) is 65.2 Å². The summed E-state index contributed by atoms with van der Waals surface area (Å²) >= 11 is 0. The van der Waals surface area contributed by atoms with Crippen LogP contribution in [0.4, 0.5) is 18.0 Å². The third kappa shape index (κ3) is 3.59. The van der Waals surface area contributed by atoms with Crippen molar-refractivity contribution in [2.24, 2.45) is 0 Å². The van der Waals surface area contributed by atoms with Crippen molar-refractivity contribution in [1.29, 1.82) is 0 Å². The Morgan fingerprint density at radius 3 is 2.23 bits per heavy atom. The van der Waals surface area contributed by atoms with Gasteiger partial charge in [-0.15, -0.1) is 0 Å². The topological polar surface area (TPSA) is 88.1 Å². The van der Waals surface area contributed by atoms with Gasteiger partial charge in [0.1, 0.15) is 0 Å². The maximum absolute atomic E-state index is 14.1. The molecule has 0 fully saturated rings. The first-order valence-corrected chi connectivity index (χ1v) is 8.97. The van der Waals surface area contributed by atoms with Crippen molar-refractivity contribution >= 4 is 17.5 Å². The molecule has 1 atom stereocenters. The van der Waals surface area contributed by atoms with Gasteiger partial charge in [0.15, 0.2) is 17.3 Å². The molecule has 0 saturated carbocycles. The highest BCUT2D eigenvalue weighted by atomic mass is 19.4. The number of methoxy groups -OCH3 is 2. The van der Waals surface area contributed by atoms with Crippen molar-refractivity contribution in [2.45, 2.75) is 11.9 Å². The Bertz CT molecular complexity index is 1050. The van der Waals surface area contributed by atoms with Gasteiger partial charge in [0.05, 0.1) is 25.5 Å². The zero-order valence-corrected chi connectivity index (χ0v) is 16.8. The Morgan fingerprint density at radius 1 is 1.06 bits per heavy atom. The monoisotopic (exact) mass is 436 g/mol. The quantitative estimate of drug-likeness (QED) is 0.703. The highest BCUT2D eigenvalue weighted by Gasteiger charge is 2.65. The van der Waals surface area contributed by atoms with E-state index in [2.05, 4.69) is 5.32 Å². The van der Waals surface area contributed by atoms with Gasteiger partial charge in [0, 0.05) is 18.2 Å². The smallest absolute Gasteiger partial charge is 0.441 e. The van der Waals surface area contributed by atoms with E-state index < -0.39 is 35.0 Å². The molecule has 0 aliphatic carbocycles. The Morgan fingerprint density at radius 2 is 1.68 bits per heavy atom. The van der Waals surface area contributed by atoms with E-state index in [-0.39, 0.29) is 27.5 Å². The fraction of sp³-hybridized carbons (Fsp3) is 0.238. The first-order valence-electron chi connectivity index (χ1n) is 8.97. The second-order valence-corrected chi connectivity index (χ2v) is 6.67. The van der Waals surface area contributed by atoms with Gasteiger partial charge in [0.2, 0.25) is 0 Å².